The molecule has 2 aliphatic rings. The average molecular weight is 408 g/mol. The summed E-state index contributed by atoms with van der Waals surface area (Å²) in [5.41, 5.74) is 6.67. The van der Waals surface area contributed by atoms with E-state index in [1.165, 1.54) is 0 Å². The second-order valence-electron chi connectivity index (χ2n) is 7.05. The fraction of sp³-hybridized carbons (Fsp3) is 0.438. The molecule has 0 spiro atoms. The van der Waals surface area contributed by atoms with E-state index in [2.05, 4.69) is 25.9 Å². The molecule has 2 saturated heterocycles. The third-order valence-corrected chi connectivity index (χ3v) is 6.68. The molecule has 4 rings (SSSR count). The van der Waals surface area contributed by atoms with Crippen molar-refractivity contribution in [3.8, 4) is 0 Å². The first-order chi connectivity index (χ1) is 12.8. The van der Waals surface area contributed by atoms with Gasteiger partial charge in [0.1, 0.15) is 23.5 Å². The largest absolute Gasteiger partial charge is 0.340 e. The zero-order valence-corrected chi connectivity index (χ0v) is 16.2. The number of nitrogens with two attached hydrogens (primary N) is 1. The molecule has 4 N–H and O–H groups in total. The number of benzene rings is 1. The zero-order valence-electron chi connectivity index (χ0n) is 14.6. The van der Waals surface area contributed by atoms with Crippen LogP contribution in [0.3, 0.4) is 0 Å². The summed E-state index contributed by atoms with van der Waals surface area (Å²) in [5.74, 6) is -0.118. The van der Waals surface area contributed by atoms with Gasteiger partial charge in [-0.25, -0.2) is 0 Å². The predicted octanol–water partition coefficient (Wildman–Crippen LogP) is 0.773. The van der Waals surface area contributed by atoms with Crippen LogP contribution in [0.4, 0.5) is 0 Å². The van der Waals surface area contributed by atoms with E-state index >= 15 is 0 Å². The molecule has 2 aliphatic heterocycles. The molecule has 11 heteroatoms. The number of carbonyl (C=O) groups excluding carboxylic acids is 2. The SMILES string of the molecule is CC1(C)S[C@H]2C(NC(=O)C(N)c3ccc(Cl)cc3)C(=O)N2C1c1nn[nH]n1. The number of carbonyl (C=O) groups is 2. The van der Waals surface area contributed by atoms with Crippen LogP contribution in [0.25, 0.3) is 0 Å². The standard InChI is InChI=1S/C16H18ClN7O2S/c1-16(2)11(12-20-22-23-21-12)24-14(26)10(15(24)27-16)19-13(25)9(18)7-3-5-8(17)6-4-7/h3-6,9-11,15H,18H2,1-2H3,(H,19,25)(H,20,21,22,23)/t9?,10?,11?,15-/m0/s1. The number of hydrogen-bond donors (Lipinski definition) is 3. The number of H-pyrrole nitrogens is 1. The van der Waals surface area contributed by atoms with Crippen LogP contribution in [0.5, 0.6) is 0 Å². The molecular formula is C16H18ClN7O2S. The molecule has 27 heavy (non-hydrogen) atoms. The molecule has 2 amide bonds. The molecule has 0 bridgehead atoms. The molecular weight excluding hydrogens is 390 g/mol. The van der Waals surface area contributed by atoms with Crippen molar-refractivity contribution in [2.75, 3.05) is 0 Å². The van der Waals surface area contributed by atoms with Gasteiger partial charge in [0, 0.05) is 9.77 Å². The highest BCUT2D eigenvalue weighted by Gasteiger charge is 2.63. The maximum absolute atomic E-state index is 12.7. The number of rotatable bonds is 4. The van der Waals surface area contributed by atoms with Crippen LogP contribution in [-0.2, 0) is 9.59 Å². The number of hydrogen-bond acceptors (Lipinski definition) is 7. The van der Waals surface area contributed by atoms with E-state index in [9.17, 15) is 9.59 Å². The summed E-state index contributed by atoms with van der Waals surface area (Å²) in [6.45, 7) is 4.03. The van der Waals surface area contributed by atoms with Gasteiger partial charge in [0.2, 0.25) is 11.8 Å². The second kappa shape index (κ2) is 6.47. The lowest BCUT2D eigenvalue weighted by molar-refractivity contribution is -0.152. The van der Waals surface area contributed by atoms with Crippen LogP contribution >= 0.6 is 23.4 Å². The van der Waals surface area contributed by atoms with Crippen molar-refractivity contribution in [2.24, 2.45) is 5.73 Å². The molecule has 4 atom stereocenters. The van der Waals surface area contributed by atoms with Gasteiger partial charge in [-0.2, -0.15) is 5.21 Å². The van der Waals surface area contributed by atoms with Crippen LogP contribution in [0.15, 0.2) is 24.3 Å². The number of halogens is 1. The second-order valence-corrected chi connectivity index (χ2v) is 9.25. The Morgan fingerprint density at radius 1 is 1.41 bits per heavy atom. The lowest BCUT2D eigenvalue weighted by Gasteiger charge is -2.44. The minimum absolute atomic E-state index is 0.176. The first-order valence-corrected chi connectivity index (χ1v) is 9.60. The van der Waals surface area contributed by atoms with E-state index in [1.807, 2.05) is 13.8 Å². The first kappa shape index (κ1) is 18.2. The minimum atomic E-state index is -0.878. The summed E-state index contributed by atoms with van der Waals surface area (Å²) < 4.78 is -0.317. The Hall–Kier alpha value is -2.17. The van der Waals surface area contributed by atoms with Crippen LogP contribution in [0.1, 0.15) is 37.3 Å². The number of aromatic nitrogens is 4. The summed E-state index contributed by atoms with van der Waals surface area (Å²) in [4.78, 5) is 27.0. The van der Waals surface area contributed by atoms with E-state index in [-0.39, 0.29) is 22.1 Å². The molecule has 3 heterocycles. The van der Waals surface area contributed by atoms with Gasteiger partial charge in [0.25, 0.3) is 0 Å². The summed E-state index contributed by atoms with van der Waals surface area (Å²) in [6.07, 6.45) is 0. The Bertz CT molecular complexity index is 873. The molecule has 142 valence electrons. The van der Waals surface area contributed by atoms with Crippen LogP contribution < -0.4 is 11.1 Å². The van der Waals surface area contributed by atoms with Gasteiger partial charge in [0.05, 0.1) is 0 Å². The summed E-state index contributed by atoms with van der Waals surface area (Å²) in [5, 5.41) is 17.2. The minimum Gasteiger partial charge on any atom is -0.340 e. The van der Waals surface area contributed by atoms with Crippen molar-refractivity contribution in [3.05, 3.63) is 40.7 Å². The molecule has 3 unspecified atom stereocenters. The smallest absolute Gasteiger partial charge is 0.249 e. The number of tetrazole rings is 1. The quantitative estimate of drug-likeness (QED) is 0.638. The number of β-lactam (4-membered cyclic amide) rings is 1. The topological polar surface area (TPSA) is 130 Å². The molecule has 1 aromatic carbocycles. The van der Waals surface area contributed by atoms with Gasteiger partial charge < -0.3 is 16.0 Å². The Kier molecular flexibility index (Phi) is 4.36. The zero-order chi connectivity index (χ0) is 19.3. The Balaban J connectivity index is 1.48. The van der Waals surface area contributed by atoms with Gasteiger partial charge in [-0.1, -0.05) is 28.9 Å². The van der Waals surface area contributed by atoms with Gasteiger partial charge >= 0.3 is 0 Å². The number of thioether (sulfide) groups is 1. The predicted molar refractivity (Wildman–Crippen MR) is 99.5 cm³/mol. The Morgan fingerprint density at radius 3 is 2.74 bits per heavy atom. The third-order valence-electron chi connectivity index (χ3n) is 4.86. The maximum Gasteiger partial charge on any atom is 0.249 e. The number of fused-ring (bicyclic) bond motifs is 1. The highest BCUT2D eigenvalue weighted by atomic mass is 35.5. The monoisotopic (exact) mass is 407 g/mol. The molecule has 0 radical (unpaired) electrons. The number of aromatic amines is 1. The highest BCUT2D eigenvalue weighted by Crippen LogP contribution is 2.56. The molecule has 0 aliphatic carbocycles. The van der Waals surface area contributed by atoms with E-state index < -0.39 is 18.0 Å². The molecule has 2 fully saturated rings. The fourth-order valence-electron chi connectivity index (χ4n) is 3.51. The van der Waals surface area contributed by atoms with Gasteiger partial charge in [-0.05, 0) is 31.5 Å². The summed E-state index contributed by atoms with van der Waals surface area (Å²) in [7, 11) is 0. The van der Waals surface area contributed by atoms with Crippen molar-refractivity contribution in [3.63, 3.8) is 0 Å². The van der Waals surface area contributed by atoms with Crippen molar-refractivity contribution < 1.29 is 9.59 Å². The molecule has 2 aromatic rings. The van der Waals surface area contributed by atoms with Crippen molar-refractivity contribution >= 4 is 35.2 Å². The summed E-state index contributed by atoms with van der Waals surface area (Å²) in [6, 6.07) is 4.92. The molecule has 1 aromatic heterocycles. The van der Waals surface area contributed by atoms with E-state index in [4.69, 9.17) is 17.3 Å². The lowest BCUT2D eigenvalue weighted by Crippen LogP contribution is -2.68. The van der Waals surface area contributed by atoms with E-state index in [1.54, 1.807) is 40.9 Å². The first-order valence-electron chi connectivity index (χ1n) is 8.34. The maximum atomic E-state index is 12.7. The van der Waals surface area contributed by atoms with Crippen molar-refractivity contribution in [2.45, 2.75) is 42.1 Å². The molecule has 9 nitrogen and oxygen atoms in total. The Morgan fingerprint density at radius 2 is 2.11 bits per heavy atom. The Labute approximate surface area is 164 Å². The highest BCUT2D eigenvalue weighted by molar-refractivity contribution is 8.01. The third kappa shape index (κ3) is 2.97. The average Bonchev–Trinajstić information content (AvgIpc) is 3.23. The van der Waals surface area contributed by atoms with Crippen molar-refractivity contribution in [1.29, 1.82) is 0 Å². The van der Waals surface area contributed by atoms with Crippen LogP contribution in [0, 0.1) is 0 Å². The fourth-order valence-corrected chi connectivity index (χ4v) is 5.27. The number of nitrogens with one attached hydrogen (secondary N) is 2. The van der Waals surface area contributed by atoms with E-state index in [0.29, 0.717) is 16.4 Å². The van der Waals surface area contributed by atoms with Gasteiger partial charge in [-0.3, -0.25) is 9.59 Å². The summed E-state index contributed by atoms with van der Waals surface area (Å²) >= 11 is 7.46. The molecule has 0 saturated carbocycles. The normalized spacial score (nSPS) is 27.0. The lowest BCUT2D eigenvalue weighted by atomic mass is 9.95. The number of amides is 2. The van der Waals surface area contributed by atoms with Crippen molar-refractivity contribution in [1.82, 2.24) is 30.8 Å². The number of nitrogens with zero attached hydrogens (tertiary/aromatic N) is 4. The van der Waals surface area contributed by atoms with E-state index in [0.717, 1.165) is 0 Å². The van der Waals surface area contributed by atoms with Gasteiger partial charge in [-0.15, -0.1) is 22.0 Å². The van der Waals surface area contributed by atoms with Gasteiger partial charge in [0.15, 0.2) is 5.82 Å². The van der Waals surface area contributed by atoms with Crippen LogP contribution in [-0.4, -0.2) is 53.5 Å². The van der Waals surface area contributed by atoms with Crippen LogP contribution in [0.2, 0.25) is 5.02 Å².